The van der Waals surface area contributed by atoms with Gasteiger partial charge in [-0.1, -0.05) is 24.0 Å². The van der Waals surface area contributed by atoms with Gasteiger partial charge in [0.1, 0.15) is 0 Å². The highest BCUT2D eigenvalue weighted by molar-refractivity contribution is 5.37. The predicted octanol–water partition coefficient (Wildman–Crippen LogP) is 2.65. The first-order chi connectivity index (χ1) is 9.20. The van der Waals surface area contributed by atoms with Crippen LogP contribution in [-0.2, 0) is 6.54 Å². The van der Waals surface area contributed by atoms with Gasteiger partial charge in [0.25, 0.3) is 0 Å². The van der Waals surface area contributed by atoms with Crippen molar-refractivity contribution in [1.82, 2.24) is 4.90 Å². The van der Waals surface area contributed by atoms with Crippen LogP contribution < -0.4 is 0 Å². The molecule has 0 radical (unpaired) electrons. The van der Waals surface area contributed by atoms with Gasteiger partial charge in [-0.2, -0.15) is 0 Å². The molecule has 1 aliphatic rings. The molecule has 0 amide bonds. The lowest BCUT2D eigenvalue weighted by atomic mass is 10.1. The lowest BCUT2D eigenvalue weighted by Crippen LogP contribution is -2.30. The molecule has 0 bridgehead atoms. The van der Waals surface area contributed by atoms with E-state index in [2.05, 4.69) is 48.9 Å². The summed E-state index contributed by atoms with van der Waals surface area (Å²) in [5.74, 6) is 6.96. The van der Waals surface area contributed by atoms with Crippen molar-refractivity contribution in [3.8, 4) is 11.8 Å². The van der Waals surface area contributed by atoms with Crippen LogP contribution in [0, 0.1) is 17.8 Å². The first-order valence-corrected chi connectivity index (χ1v) is 7.09. The van der Waals surface area contributed by atoms with Crippen LogP contribution in [0.15, 0.2) is 24.3 Å². The van der Waals surface area contributed by atoms with E-state index in [0.717, 1.165) is 18.0 Å². The van der Waals surface area contributed by atoms with Crippen molar-refractivity contribution in [2.24, 2.45) is 5.92 Å². The molecule has 102 valence electrons. The van der Waals surface area contributed by atoms with Crippen molar-refractivity contribution in [3.05, 3.63) is 35.4 Å². The van der Waals surface area contributed by atoms with Gasteiger partial charge in [-0.3, -0.25) is 4.90 Å². The summed E-state index contributed by atoms with van der Waals surface area (Å²) in [5.41, 5.74) is 2.35. The minimum absolute atomic E-state index is 0.133. The number of rotatable bonds is 5. The van der Waals surface area contributed by atoms with Crippen molar-refractivity contribution >= 4 is 0 Å². The second-order valence-corrected chi connectivity index (χ2v) is 5.47. The highest BCUT2D eigenvalue weighted by Gasteiger charge is 2.30. The van der Waals surface area contributed by atoms with Gasteiger partial charge in [0, 0.05) is 24.6 Å². The average molecular weight is 257 g/mol. The first kappa shape index (κ1) is 14.1. The van der Waals surface area contributed by atoms with Gasteiger partial charge in [-0.05, 0) is 50.4 Å². The summed E-state index contributed by atoms with van der Waals surface area (Å²) in [4.78, 5) is 2.43. The summed E-state index contributed by atoms with van der Waals surface area (Å²) in [6.45, 7) is 3.43. The van der Waals surface area contributed by atoms with Crippen molar-refractivity contribution in [3.63, 3.8) is 0 Å². The fraction of sp³-hybridized carbons (Fsp3) is 0.529. The van der Waals surface area contributed by atoms with Crippen LogP contribution in [0.2, 0.25) is 0 Å². The number of hydrogen-bond donors (Lipinski definition) is 1. The van der Waals surface area contributed by atoms with Crippen LogP contribution >= 0.6 is 0 Å². The van der Waals surface area contributed by atoms with Crippen molar-refractivity contribution in [1.29, 1.82) is 0 Å². The van der Waals surface area contributed by atoms with E-state index in [1.165, 1.54) is 18.4 Å². The Morgan fingerprint density at radius 1 is 1.42 bits per heavy atom. The quantitative estimate of drug-likeness (QED) is 0.820. The maximum atomic E-state index is 8.73. The molecule has 2 heteroatoms. The van der Waals surface area contributed by atoms with E-state index >= 15 is 0 Å². The largest absolute Gasteiger partial charge is 0.395 e. The molecule has 1 fully saturated rings. The molecule has 0 aromatic heterocycles. The number of aliphatic hydroxyl groups is 1. The summed E-state index contributed by atoms with van der Waals surface area (Å²) < 4.78 is 0. The van der Waals surface area contributed by atoms with Gasteiger partial charge in [0.2, 0.25) is 0 Å². The summed E-state index contributed by atoms with van der Waals surface area (Å²) in [6.07, 6.45) is 3.32. The molecule has 1 saturated carbocycles. The zero-order chi connectivity index (χ0) is 13.7. The Hall–Kier alpha value is -1.30. The predicted molar refractivity (Wildman–Crippen MR) is 78.7 cm³/mol. The molecule has 1 atom stereocenters. The van der Waals surface area contributed by atoms with E-state index in [4.69, 9.17) is 5.11 Å². The van der Waals surface area contributed by atoms with Gasteiger partial charge in [-0.15, -0.1) is 0 Å². The fourth-order valence-corrected chi connectivity index (χ4v) is 2.34. The minimum Gasteiger partial charge on any atom is -0.395 e. The topological polar surface area (TPSA) is 23.5 Å². The van der Waals surface area contributed by atoms with Crippen LogP contribution in [0.3, 0.4) is 0 Å². The number of hydrogen-bond acceptors (Lipinski definition) is 2. The molecule has 1 unspecified atom stereocenters. The molecule has 0 spiro atoms. The minimum atomic E-state index is 0.133. The van der Waals surface area contributed by atoms with Gasteiger partial charge < -0.3 is 5.11 Å². The van der Waals surface area contributed by atoms with E-state index in [1.54, 1.807) is 0 Å². The molecule has 1 aliphatic carbocycles. The van der Waals surface area contributed by atoms with Crippen molar-refractivity contribution in [2.45, 2.75) is 38.8 Å². The molecule has 1 aromatic rings. The number of nitrogens with zero attached hydrogens (tertiary/aromatic N) is 1. The van der Waals surface area contributed by atoms with Crippen LogP contribution in [-0.4, -0.2) is 29.7 Å². The third-order valence-electron chi connectivity index (χ3n) is 3.83. The molecule has 19 heavy (non-hydrogen) atoms. The molecule has 1 aromatic carbocycles. The molecule has 1 N–H and O–H groups in total. The second kappa shape index (κ2) is 6.75. The molecule has 0 aliphatic heterocycles. The Balaban J connectivity index is 1.96. The lowest BCUT2D eigenvalue weighted by Gasteiger charge is -2.24. The van der Waals surface area contributed by atoms with Gasteiger partial charge in [-0.25, -0.2) is 0 Å². The monoisotopic (exact) mass is 257 g/mol. The Kier molecular flexibility index (Phi) is 5.01. The van der Waals surface area contributed by atoms with E-state index in [1.807, 2.05) is 6.07 Å². The van der Waals surface area contributed by atoms with E-state index in [0.29, 0.717) is 12.5 Å². The normalized spacial score (nSPS) is 16.0. The maximum absolute atomic E-state index is 8.73. The van der Waals surface area contributed by atoms with Gasteiger partial charge in [0.05, 0.1) is 6.61 Å². The standard InChI is InChI=1S/C17H23NO/c1-14(17-9-10-17)18(2)13-16-8-5-7-15(12-16)6-3-4-11-19/h5,7-8,12,14,17,19H,4,9-11,13H2,1-2H3. The Labute approximate surface area is 116 Å². The van der Waals surface area contributed by atoms with Crippen LogP contribution in [0.1, 0.15) is 37.3 Å². The maximum Gasteiger partial charge on any atom is 0.0540 e. The molecule has 2 nitrogen and oxygen atoms in total. The highest BCUT2D eigenvalue weighted by Crippen LogP contribution is 2.35. The second-order valence-electron chi connectivity index (χ2n) is 5.47. The van der Waals surface area contributed by atoms with E-state index in [9.17, 15) is 0 Å². The third-order valence-corrected chi connectivity index (χ3v) is 3.83. The van der Waals surface area contributed by atoms with Crippen LogP contribution in [0.5, 0.6) is 0 Å². The highest BCUT2D eigenvalue weighted by atomic mass is 16.2. The average Bonchev–Trinajstić information content (AvgIpc) is 3.23. The smallest absolute Gasteiger partial charge is 0.0540 e. The Morgan fingerprint density at radius 2 is 2.21 bits per heavy atom. The summed E-state index contributed by atoms with van der Waals surface area (Å²) >= 11 is 0. The zero-order valence-electron chi connectivity index (χ0n) is 11.9. The molecular formula is C17H23NO. The van der Waals surface area contributed by atoms with Crippen LogP contribution in [0.25, 0.3) is 0 Å². The first-order valence-electron chi connectivity index (χ1n) is 7.09. The Morgan fingerprint density at radius 3 is 2.89 bits per heavy atom. The Bertz CT molecular complexity index is 468. The lowest BCUT2D eigenvalue weighted by molar-refractivity contribution is 0.226. The van der Waals surface area contributed by atoms with Crippen LogP contribution in [0.4, 0.5) is 0 Å². The van der Waals surface area contributed by atoms with Gasteiger partial charge in [0.15, 0.2) is 0 Å². The van der Waals surface area contributed by atoms with Gasteiger partial charge >= 0.3 is 0 Å². The van der Waals surface area contributed by atoms with E-state index in [-0.39, 0.29) is 6.61 Å². The summed E-state index contributed by atoms with van der Waals surface area (Å²) in [5, 5.41) is 8.73. The van der Waals surface area contributed by atoms with Crippen molar-refractivity contribution < 1.29 is 5.11 Å². The SMILES string of the molecule is CC(C1CC1)N(C)Cc1cccc(C#CCCO)c1. The molecule has 0 saturated heterocycles. The van der Waals surface area contributed by atoms with Crippen molar-refractivity contribution in [2.75, 3.05) is 13.7 Å². The summed E-state index contributed by atoms with van der Waals surface area (Å²) in [7, 11) is 2.20. The number of aliphatic hydroxyl groups excluding tert-OH is 1. The fourth-order valence-electron chi connectivity index (χ4n) is 2.34. The van der Waals surface area contributed by atoms with E-state index < -0.39 is 0 Å². The zero-order valence-corrected chi connectivity index (χ0v) is 11.9. The number of benzene rings is 1. The molecule has 2 rings (SSSR count). The molecular weight excluding hydrogens is 234 g/mol. The third kappa shape index (κ3) is 4.38. The summed E-state index contributed by atoms with van der Waals surface area (Å²) in [6, 6.07) is 9.07. The molecule has 0 heterocycles.